The van der Waals surface area contributed by atoms with Crippen LogP contribution in [0.5, 0.6) is 0 Å². The molecular weight excluding hydrogens is 214 g/mol. The van der Waals surface area contributed by atoms with E-state index in [-0.39, 0.29) is 11.9 Å². The smallest absolute Gasteiger partial charge is 0.254 e. The maximum absolute atomic E-state index is 12.4. The van der Waals surface area contributed by atoms with E-state index >= 15 is 0 Å². The number of aryl methyl sites for hydroxylation is 1. The summed E-state index contributed by atoms with van der Waals surface area (Å²) in [5.41, 5.74) is 1.68. The van der Waals surface area contributed by atoms with Gasteiger partial charge in [0.1, 0.15) is 0 Å². The molecule has 1 atom stereocenters. The largest absolute Gasteiger partial charge is 0.392 e. The molecule has 17 heavy (non-hydrogen) atoms. The standard InChI is InChI=1S/C14H21NO2/c1-10(2)15(9-12(4)16)14(17)13-8-6-5-7-11(13)3/h5-8,10,12,16H,9H2,1-4H3. The van der Waals surface area contributed by atoms with Gasteiger partial charge in [0, 0.05) is 18.2 Å². The number of carbonyl (C=O) groups excluding carboxylic acids is 1. The lowest BCUT2D eigenvalue weighted by Crippen LogP contribution is -2.41. The van der Waals surface area contributed by atoms with Crippen LogP contribution in [-0.2, 0) is 0 Å². The van der Waals surface area contributed by atoms with Crippen molar-refractivity contribution >= 4 is 5.91 Å². The van der Waals surface area contributed by atoms with Crippen molar-refractivity contribution in [3.63, 3.8) is 0 Å². The first-order valence-electron chi connectivity index (χ1n) is 5.98. The minimum atomic E-state index is -0.509. The van der Waals surface area contributed by atoms with E-state index in [1.54, 1.807) is 11.8 Å². The van der Waals surface area contributed by atoms with Gasteiger partial charge in [-0.3, -0.25) is 4.79 Å². The average Bonchev–Trinajstić information content (AvgIpc) is 2.25. The van der Waals surface area contributed by atoms with Crippen molar-refractivity contribution < 1.29 is 9.90 Å². The summed E-state index contributed by atoms with van der Waals surface area (Å²) in [4.78, 5) is 14.1. The van der Waals surface area contributed by atoms with Crippen LogP contribution in [0.2, 0.25) is 0 Å². The predicted octanol–water partition coefficient (Wildman–Crippen LogP) is 2.23. The Balaban J connectivity index is 2.96. The summed E-state index contributed by atoms with van der Waals surface area (Å²) >= 11 is 0. The molecule has 0 saturated carbocycles. The lowest BCUT2D eigenvalue weighted by atomic mass is 10.1. The normalized spacial score (nSPS) is 12.6. The molecule has 0 saturated heterocycles. The Morgan fingerprint density at radius 1 is 1.29 bits per heavy atom. The van der Waals surface area contributed by atoms with Crippen molar-refractivity contribution in [2.24, 2.45) is 0 Å². The van der Waals surface area contributed by atoms with E-state index in [0.29, 0.717) is 12.1 Å². The molecular formula is C14H21NO2. The monoisotopic (exact) mass is 235 g/mol. The molecule has 0 aromatic heterocycles. The molecule has 1 N–H and O–H groups in total. The van der Waals surface area contributed by atoms with Crippen LogP contribution in [-0.4, -0.2) is 34.6 Å². The summed E-state index contributed by atoms with van der Waals surface area (Å²) in [6.07, 6.45) is -0.509. The fraction of sp³-hybridized carbons (Fsp3) is 0.500. The highest BCUT2D eigenvalue weighted by atomic mass is 16.3. The highest BCUT2D eigenvalue weighted by Crippen LogP contribution is 2.13. The molecule has 0 aliphatic rings. The van der Waals surface area contributed by atoms with E-state index in [4.69, 9.17) is 0 Å². The van der Waals surface area contributed by atoms with E-state index in [2.05, 4.69) is 0 Å². The maximum atomic E-state index is 12.4. The Labute approximate surface area is 103 Å². The SMILES string of the molecule is Cc1ccccc1C(=O)N(CC(C)O)C(C)C. The molecule has 1 aromatic rings. The second kappa shape index (κ2) is 5.82. The lowest BCUT2D eigenvalue weighted by Gasteiger charge is -2.28. The number of aliphatic hydroxyl groups is 1. The maximum Gasteiger partial charge on any atom is 0.254 e. The van der Waals surface area contributed by atoms with Gasteiger partial charge in [0.05, 0.1) is 6.10 Å². The zero-order chi connectivity index (χ0) is 13.0. The highest BCUT2D eigenvalue weighted by molar-refractivity contribution is 5.95. The third-order valence-electron chi connectivity index (χ3n) is 2.72. The lowest BCUT2D eigenvalue weighted by molar-refractivity contribution is 0.0578. The van der Waals surface area contributed by atoms with Crippen LogP contribution in [0.3, 0.4) is 0 Å². The Morgan fingerprint density at radius 3 is 2.35 bits per heavy atom. The van der Waals surface area contributed by atoms with Crippen molar-refractivity contribution in [2.75, 3.05) is 6.54 Å². The summed E-state index contributed by atoms with van der Waals surface area (Å²) in [6.45, 7) is 7.90. The van der Waals surface area contributed by atoms with Crippen LogP contribution < -0.4 is 0 Å². The molecule has 0 spiro atoms. The summed E-state index contributed by atoms with van der Waals surface area (Å²) < 4.78 is 0. The van der Waals surface area contributed by atoms with Gasteiger partial charge in [-0.2, -0.15) is 0 Å². The van der Waals surface area contributed by atoms with Crippen molar-refractivity contribution in [3.05, 3.63) is 35.4 Å². The minimum absolute atomic E-state index is 0.0148. The Morgan fingerprint density at radius 2 is 1.88 bits per heavy atom. The van der Waals surface area contributed by atoms with Crippen molar-refractivity contribution in [1.82, 2.24) is 4.90 Å². The van der Waals surface area contributed by atoms with Crippen LogP contribution >= 0.6 is 0 Å². The summed E-state index contributed by atoms with van der Waals surface area (Å²) in [6, 6.07) is 7.61. The van der Waals surface area contributed by atoms with E-state index in [0.717, 1.165) is 5.56 Å². The molecule has 1 unspecified atom stereocenters. The minimum Gasteiger partial charge on any atom is -0.392 e. The number of hydrogen-bond acceptors (Lipinski definition) is 2. The van der Waals surface area contributed by atoms with E-state index in [9.17, 15) is 9.90 Å². The van der Waals surface area contributed by atoms with Gasteiger partial charge in [-0.1, -0.05) is 18.2 Å². The number of rotatable bonds is 4. The summed E-state index contributed by atoms with van der Waals surface area (Å²) in [5, 5.41) is 9.44. The number of nitrogens with zero attached hydrogens (tertiary/aromatic N) is 1. The summed E-state index contributed by atoms with van der Waals surface area (Å²) in [7, 11) is 0. The molecule has 0 aliphatic heterocycles. The van der Waals surface area contributed by atoms with Gasteiger partial charge >= 0.3 is 0 Å². The van der Waals surface area contributed by atoms with Crippen molar-refractivity contribution in [1.29, 1.82) is 0 Å². The van der Waals surface area contributed by atoms with E-state index < -0.39 is 6.10 Å². The fourth-order valence-corrected chi connectivity index (χ4v) is 1.78. The molecule has 3 heteroatoms. The number of carbonyl (C=O) groups is 1. The van der Waals surface area contributed by atoms with Crippen molar-refractivity contribution in [3.8, 4) is 0 Å². The number of aliphatic hydroxyl groups excluding tert-OH is 1. The van der Waals surface area contributed by atoms with Crippen molar-refractivity contribution in [2.45, 2.75) is 39.8 Å². The number of amides is 1. The summed E-state index contributed by atoms with van der Waals surface area (Å²) in [5.74, 6) is -0.0148. The molecule has 1 rings (SSSR count). The quantitative estimate of drug-likeness (QED) is 0.869. The predicted molar refractivity (Wildman–Crippen MR) is 69.0 cm³/mol. The van der Waals surface area contributed by atoms with Gasteiger partial charge in [-0.15, -0.1) is 0 Å². The fourth-order valence-electron chi connectivity index (χ4n) is 1.78. The molecule has 1 aromatic carbocycles. The first kappa shape index (κ1) is 13.7. The first-order chi connectivity index (χ1) is 7.93. The first-order valence-corrected chi connectivity index (χ1v) is 5.98. The molecule has 0 radical (unpaired) electrons. The average molecular weight is 235 g/mol. The van der Waals surface area contributed by atoms with Gasteiger partial charge in [0.2, 0.25) is 0 Å². The Bertz CT molecular complexity index is 386. The van der Waals surface area contributed by atoms with Gasteiger partial charge in [-0.25, -0.2) is 0 Å². The van der Waals surface area contributed by atoms with Gasteiger partial charge in [0.25, 0.3) is 5.91 Å². The molecule has 3 nitrogen and oxygen atoms in total. The molecule has 0 fully saturated rings. The molecule has 0 aliphatic carbocycles. The Hall–Kier alpha value is -1.35. The topological polar surface area (TPSA) is 40.5 Å². The van der Waals surface area contributed by atoms with E-state index in [1.807, 2.05) is 45.0 Å². The zero-order valence-corrected chi connectivity index (χ0v) is 11.0. The Kier molecular flexibility index (Phi) is 4.70. The van der Waals surface area contributed by atoms with E-state index in [1.165, 1.54) is 0 Å². The number of benzene rings is 1. The number of hydrogen-bond donors (Lipinski definition) is 1. The molecule has 0 heterocycles. The van der Waals surface area contributed by atoms with Gasteiger partial charge in [0.15, 0.2) is 0 Å². The molecule has 94 valence electrons. The molecule has 1 amide bonds. The van der Waals surface area contributed by atoms with Gasteiger partial charge < -0.3 is 10.0 Å². The van der Waals surface area contributed by atoms with Crippen LogP contribution in [0.1, 0.15) is 36.7 Å². The second-order valence-corrected chi connectivity index (χ2v) is 4.72. The van der Waals surface area contributed by atoms with Crippen LogP contribution in [0.25, 0.3) is 0 Å². The zero-order valence-electron chi connectivity index (χ0n) is 11.0. The van der Waals surface area contributed by atoms with Crippen LogP contribution in [0.4, 0.5) is 0 Å². The third-order valence-corrected chi connectivity index (χ3v) is 2.72. The molecule has 0 bridgehead atoms. The van der Waals surface area contributed by atoms with Crippen LogP contribution in [0.15, 0.2) is 24.3 Å². The van der Waals surface area contributed by atoms with Gasteiger partial charge in [-0.05, 0) is 39.3 Å². The third kappa shape index (κ3) is 3.56. The van der Waals surface area contributed by atoms with Crippen LogP contribution in [0, 0.1) is 6.92 Å². The highest BCUT2D eigenvalue weighted by Gasteiger charge is 2.21. The second-order valence-electron chi connectivity index (χ2n) is 4.72.